The van der Waals surface area contributed by atoms with E-state index in [9.17, 15) is 13.9 Å². The van der Waals surface area contributed by atoms with E-state index in [1.165, 1.54) is 0 Å². The highest BCUT2D eigenvalue weighted by Gasteiger charge is 2.80. The molecule has 0 radical (unpaired) electrons. The van der Waals surface area contributed by atoms with Crippen LogP contribution in [0, 0.1) is 16.2 Å². The van der Waals surface area contributed by atoms with Gasteiger partial charge in [-0.2, -0.15) is 0 Å². The van der Waals surface area contributed by atoms with Gasteiger partial charge in [0.1, 0.15) is 0 Å². The van der Waals surface area contributed by atoms with Gasteiger partial charge in [0.05, 0.1) is 6.54 Å². The van der Waals surface area contributed by atoms with E-state index >= 15 is 0 Å². The molecule has 2 unspecified atom stereocenters. The predicted octanol–water partition coefficient (Wildman–Crippen LogP) is 2.03. The highest BCUT2D eigenvalue weighted by Crippen LogP contribution is 2.78. The molecule has 0 aromatic carbocycles. The minimum atomic E-state index is -2.69. The number of hydrogen-bond acceptors (Lipinski definition) is 2. The third kappa shape index (κ3) is 1.23. The Bertz CT molecular complexity index is 300. The lowest BCUT2D eigenvalue weighted by molar-refractivity contribution is -0.126. The quantitative estimate of drug-likeness (QED) is 0.726. The van der Waals surface area contributed by atoms with Gasteiger partial charge >= 0.3 is 0 Å². The van der Waals surface area contributed by atoms with Crippen LogP contribution >= 0.6 is 0 Å². The van der Waals surface area contributed by atoms with Crippen molar-refractivity contribution in [3.05, 3.63) is 0 Å². The molecule has 16 heavy (non-hydrogen) atoms. The first kappa shape index (κ1) is 12.2. The molecule has 2 nitrogen and oxygen atoms in total. The summed E-state index contributed by atoms with van der Waals surface area (Å²) in [5.41, 5.74) is -1.85. The maximum atomic E-state index is 14.1. The lowest BCUT2D eigenvalue weighted by Crippen LogP contribution is -2.52. The van der Waals surface area contributed by atoms with Crippen molar-refractivity contribution >= 4 is 0 Å². The summed E-state index contributed by atoms with van der Waals surface area (Å²) < 4.78 is 28.2. The molecule has 1 spiro atoms. The van der Waals surface area contributed by atoms with Crippen LogP contribution in [0.3, 0.4) is 0 Å². The summed E-state index contributed by atoms with van der Waals surface area (Å²) in [4.78, 5) is 0. The zero-order valence-corrected chi connectivity index (χ0v) is 10.2. The molecule has 0 aromatic heterocycles. The van der Waals surface area contributed by atoms with Gasteiger partial charge in [0.2, 0.25) is 0 Å². The van der Waals surface area contributed by atoms with E-state index in [1.54, 1.807) is 0 Å². The topological polar surface area (TPSA) is 32.3 Å². The minimum Gasteiger partial charge on any atom is -0.396 e. The van der Waals surface area contributed by atoms with Crippen molar-refractivity contribution in [1.29, 1.82) is 0 Å². The van der Waals surface area contributed by atoms with Gasteiger partial charge in [0.15, 0.2) is 0 Å². The van der Waals surface area contributed by atoms with E-state index in [4.69, 9.17) is 0 Å². The molecule has 4 heteroatoms. The van der Waals surface area contributed by atoms with Crippen LogP contribution in [-0.4, -0.2) is 30.7 Å². The first-order chi connectivity index (χ1) is 7.22. The Balaban J connectivity index is 2.36. The zero-order valence-electron chi connectivity index (χ0n) is 10.2. The van der Waals surface area contributed by atoms with Gasteiger partial charge in [-0.1, -0.05) is 20.8 Å². The predicted molar refractivity (Wildman–Crippen MR) is 58.5 cm³/mol. The largest absolute Gasteiger partial charge is 0.396 e. The molecule has 1 saturated carbocycles. The third-order valence-corrected chi connectivity index (χ3v) is 4.88. The first-order valence-corrected chi connectivity index (χ1v) is 5.92. The van der Waals surface area contributed by atoms with Crippen molar-refractivity contribution in [1.82, 2.24) is 5.32 Å². The van der Waals surface area contributed by atoms with E-state index in [0.29, 0.717) is 19.4 Å². The SMILES string of the molecule is CC(C)(C)C1(CO)CC12CCNCC2(F)F. The van der Waals surface area contributed by atoms with Crippen molar-refractivity contribution in [3.63, 3.8) is 0 Å². The average molecular weight is 233 g/mol. The number of alkyl halides is 2. The second kappa shape index (κ2) is 3.16. The maximum absolute atomic E-state index is 14.1. The Hall–Kier alpha value is -0.220. The molecule has 1 aliphatic carbocycles. The van der Waals surface area contributed by atoms with E-state index in [-0.39, 0.29) is 18.6 Å². The highest BCUT2D eigenvalue weighted by atomic mass is 19.3. The fourth-order valence-corrected chi connectivity index (χ4v) is 3.60. The molecule has 2 aliphatic rings. The van der Waals surface area contributed by atoms with Crippen molar-refractivity contribution < 1.29 is 13.9 Å². The second-order valence-corrected chi connectivity index (χ2v) is 6.38. The Morgan fingerprint density at radius 3 is 2.31 bits per heavy atom. The number of aliphatic hydroxyl groups excluding tert-OH is 1. The Morgan fingerprint density at radius 2 is 1.94 bits per heavy atom. The Kier molecular flexibility index (Phi) is 2.42. The van der Waals surface area contributed by atoms with Crippen molar-refractivity contribution in [3.8, 4) is 0 Å². The summed E-state index contributed by atoms with van der Waals surface area (Å²) >= 11 is 0. The lowest BCUT2D eigenvalue weighted by atomic mass is 9.69. The fourth-order valence-electron chi connectivity index (χ4n) is 3.60. The summed E-state index contributed by atoms with van der Waals surface area (Å²) in [7, 11) is 0. The van der Waals surface area contributed by atoms with Crippen molar-refractivity contribution in [2.45, 2.75) is 39.5 Å². The van der Waals surface area contributed by atoms with Gasteiger partial charge in [-0.3, -0.25) is 0 Å². The number of piperidine rings is 1. The molecule has 2 fully saturated rings. The van der Waals surface area contributed by atoms with Gasteiger partial charge in [0.25, 0.3) is 5.92 Å². The van der Waals surface area contributed by atoms with Crippen LogP contribution in [0.15, 0.2) is 0 Å². The molecule has 0 aromatic rings. The van der Waals surface area contributed by atoms with Gasteiger partial charge in [-0.15, -0.1) is 0 Å². The van der Waals surface area contributed by atoms with E-state index in [0.717, 1.165) is 0 Å². The van der Waals surface area contributed by atoms with E-state index in [1.807, 2.05) is 20.8 Å². The van der Waals surface area contributed by atoms with Crippen LogP contribution in [0.25, 0.3) is 0 Å². The smallest absolute Gasteiger partial charge is 0.266 e. The van der Waals surface area contributed by atoms with Crippen molar-refractivity contribution in [2.24, 2.45) is 16.2 Å². The van der Waals surface area contributed by atoms with Gasteiger partial charge < -0.3 is 10.4 Å². The summed E-state index contributed by atoms with van der Waals surface area (Å²) in [6.45, 7) is 6.12. The van der Waals surface area contributed by atoms with Gasteiger partial charge in [-0.25, -0.2) is 8.78 Å². The number of halogens is 2. The molecule has 94 valence electrons. The molecule has 2 N–H and O–H groups in total. The highest BCUT2D eigenvalue weighted by molar-refractivity contribution is 5.25. The Labute approximate surface area is 95.4 Å². The van der Waals surface area contributed by atoms with Crippen LogP contribution in [0.1, 0.15) is 33.6 Å². The van der Waals surface area contributed by atoms with Crippen LogP contribution in [0.4, 0.5) is 8.78 Å². The fraction of sp³-hybridized carbons (Fsp3) is 1.00. The summed E-state index contributed by atoms with van der Waals surface area (Å²) in [6, 6.07) is 0. The van der Waals surface area contributed by atoms with Crippen LogP contribution in [0.2, 0.25) is 0 Å². The molecule has 1 heterocycles. The molecular weight excluding hydrogens is 212 g/mol. The Morgan fingerprint density at radius 1 is 1.31 bits per heavy atom. The number of rotatable bonds is 1. The van der Waals surface area contributed by atoms with Crippen molar-refractivity contribution in [2.75, 3.05) is 19.7 Å². The minimum absolute atomic E-state index is 0.133. The van der Waals surface area contributed by atoms with E-state index in [2.05, 4.69) is 5.32 Å². The molecular formula is C12H21F2NO. The molecule has 1 saturated heterocycles. The zero-order chi connectivity index (χ0) is 12.2. The third-order valence-electron chi connectivity index (χ3n) is 4.88. The summed E-state index contributed by atoms with van der Waals surface area (Å²) in [5, 5.41) is 12.3. The van der Waals surface area contributed by atoms with Crippen LogP contribution < -0.4 is 5.32 Å². The van der Waals surface area contributed by atoms with Crippen LogP contribution in [0.5, 0.6) is 0 Å². The first-order valence-electron chi connectivity index (χ1n) is 5.92. The summed E-state index contributed by atoms with van der Waals surface area (Å²) in [6.07, 6.45) is 0.923. The molecule has 2 rings (SSSR count). The van der Waals surface area contributed by atoms with Gasteiger partial charge in [-0.05, 0) is 24.8 Å². The number of hydrogen-bond donors (Lipinski definition) is 2. The standard InChI is InChI=1S/C12H21F2NO/c1-9(2,3)11(8-16)6-10(11)4-5-15-7-12(10,13)14/h15-16H,4-8H2,1-3H3. The summed E-state index contributed by atoms with van der Waals surface area (Å²) in [5.74, 6) is -2.69. The number of aliphatic hydroxyl groups is 1. The monoisotopic (exact) mass is 233 g/mol. The van der Waals surface area contributed by atoms with Gasteiger partial charge in [0, 0.05) is 17.4 Å². The molecule has 2 atom stereocenters. The van der Waals surface area contributed by atoms with E-state index < -0.39 is 16.8 Å². The lowest BCUT2D eigenvalue weighted by Gasteiger charge is -2.41. The molecule has 0 bridgehead atoms. The maximum Gasteiger partial charge on any atom is 0.266 e. The number of nitrogens with one attached hydrogen (secondary N) is 1. The molecule has 1 aliphatic heterocycles. The second-order valence-electron chi connectivity index (χ2n) is 6.38. The normalized spacial score (nSPS) is 42.4. The van der Waals surface area contributed by atoms with Crippen LogP contribution in [-0.2, 0) is 0 Å². The average Bonchev–Trinajstić information content (AvgIpc) is 2.82. The molecule has 0 amide bonds.